The fourth-order valence-corrected chi connectivity index (χ4v) is 4.28. The van der Waals surface area contributed by atoms with E-state index in [2.05, 4.69) is 20.9 Å². The van der Waals surface area contributed by atoms with Crippen molar-refractivity contribution in [1.29, 1.82) is 0 Å². The molecule has 0 saturated carbocycles. The lowest BCUT2D eigenvalue weighted by atomic mass is 10.0. The van der Waals surface area contributed by atoms with Crippen LogP contribution in [0.25, 0.3) is 16.9 Å². The van der Waals surface area contributed by atoms with Crippen LogP contribution in [-0.2, 0) is 25.4 Å². The average Bonchev–Trinajstić information content (AvgIpc) is 3.16. The van der Waals surface area contributed by atoms with Gasteiger partial charge in [-0.1, -0.05) is 0 Å². The summed E-state index contributed by atoms with van der Waals surface area (Å²) in [5.74, 6) is -1.67. The lowest BCUT2D eigenvalue weighted by Gasteiger charge is -2.24. The Kier molecular flexibility index (Phi) is 8.57. The maximum Gasteiger partial charge on any atom is 0.410 e. The van der Waals surface area contributed by atoms with Gasteiger partial charge in [-0.2, -0.15) is 0 Å². The van der Waals surface area contributed by atoms with Crippen molar-refractivity contribution in [3.8, 4) is 11.3 Å². The van der Waals surface area contributed by atoms with Crippen molar-refractivity contribution in [2.75, 3.05) is 34.4 Å². The van der Waals surface area contributed by atoms with Gasteiger partial charge in [0.1, 0.15) is 17.3 Å². The van der Waals surface area contributed by atoms with E-state index in [0.717, 1.165) is 16.5 Å². The van der Waals surface area contributed by atoms with Gasteiger partial charge in [-0.3, -0.25) is 9.69 Å². The summed E-state index contributed by atoms with van der Waals surface area (Å²) in [6.45, 7) is 2.97. The maximum absolute atomic E-state index is 15.1. The topological polar surface area (TPSA) is 82.4 Å². The first-order valence-corrected chi connectivity index (χ1v) is 11.4. The summed E-state index contributed by atoms with van der Waals surface area (Å²) in [7, 11) is 4.02. The number of aromatic nitrogens is 2. The molecule has 11 heteroatoms. The third kappa shape index (κ3) is 5.68. The van der Waals surface area contributed by atoms with Crippen molar-refractivity contribution in [3.63, 3.8) is 0 Å². The lowest BCUT2D eigenvalue weighted by molar-refractivity contribution is -0.125. The van der Waals surface area contributed by atoms with Gasteiger partial charge in [0.05, 0.1) is 42.5 Å². The molecule has 35 heavy (non-hydrogen) atoms. The summed E-state index contributed by atoms with van der Waals surface area (Å²) < 4.78 is 46.4. The van der Waals surface area contributed by atoms with Crippen molar-refractivity contribution >= 4 is 33.5 Å². The molecule has 0 unspecified atom stereocenters. The molecule has 188 valence electrons. The molecule has 0 bridgehead atoms. The average molecular weight is 554 g/mol. The predicted molar refractivity (Wildman–Crippen MR) is 128 cm³/mol. The number of ether oxygens (including phenoxy) is 3. The largest absolute Gasteiger partial charge is 0.453 e. The number of benzene rings is 1. The molecule has 0 aliphatic heterocycles. The number of rotatable bonds is 9. The number of carbonyl (C=O) groups is 2. The van der Waals surface area contributed by atoms with Gasteiger partial charge in [-0.05, 0) is 59.1 Å². The monoisotopic (exact) mass is 553 g/mol. The molecule has 0 fully saturated rings. The Bertz CT molecular complexity index is 1260. The van der Waals surface area contributed by atoms with Gasteiger partial charge < -0.3 is 18.6 Å². The summed E-state index contributed by atoms with van der Waals surface area (Å²) in [5.41, 5.74) is 1.94. The molecule has 0 saturated heterocycles. The number of halogens is 3. The molecule has 2 heterocycles. The van der Waals surface area contributed by atoms with Crippen LogP contribution in [-0.4, -0.2) is 66.9 Å². The van der Waals surface area contributed by atoms with Crippen LogP contribution in [0.4, 0.5) is 13.6 Å². The number of imidazole rings is 1. The Balaban J connectivity index is 2.05. The first-order valence-electron chi connectivity index (χ1n) is 10.6. The number of pyridine rings is 1. The Morgan fingerprint density at radius 2 is 1.86 bits per heavy atom. The molecule has 3 rings (SSSR count). The smallest absolute Gasteiger partial charge is 0.410 e. The predicted octanol–water partition coefficient (Wildman–Crippen LogP) is 4.46. The van der Waals surface area contributed by atoms with Crippen molar-refractivity contribution < 1.29 is 32.6 Å². The summed E-state index contributed by atoms with van der Waals surface area (Å²) in [4.78, 5) is 31.1. The Labute approximate surface area is 209 Å². The zero-order valence-electron chi connectivity index (χ0n) is 20.0. The van der Waals surface area contributed by atoms with E-state index in [1.165, 1.54) is 28.3 Å². The van der Waals surface area contributed by atoms with E-state index < -0.39 is 24.0 Å². The number of carbonyl (C=O) groups excluding carboxylic acids is 2. The zero-order chi connectivity index (χ0) is 25.9. The quantitative estimate of drug-likeness (QED) is 0.287. The summed E-state index contributed by atoms with van der Waals surface area (Å²) >= 11 is 3.02. The number of ketones is 1. The number of hydrogen-bond acceptors (Lipinski definition) is 6. The highest BCUT2D eigenvalue weighted by molar-refractivity contribution is 9.10. The minimum Gasteiger partial charge on any atom is -0.453 e. The van der Waals surface area contributed by atoms with Crippen molar-refractivity contribution in [1.82, 2.24) is 14.3 Å². The molecule has 0 atom stereocenters. The molecule has 8 nitrogen and oxygen atoms in total. The van der Waals surface area contributed by atoms with Crippen molar-refractivity contribution in [2.45, 2.75) is 26.6 Å². The fraction of sp³-hybridized carbons (Fsp3) is 0.375. The lowest BCUT2D eigenvalue weighted by Crippen LogP contribution is -2.42. The molecule has 1 aromatic carbocycles. The number of methoxy groups -OCH3 is 3. The van der Waals surface area contributed by atoms with Crippen molar-refractivity contribution in [2.24, 2.45) is 0 Å². The molecule has 0 radical (unpaired) electrons. The van der Waals surface area contributed by atoms with Gasteiger partial charge >= 0.3 is 6.09 Å². The van der Waals surface area contributed by atoms with E-state index >= 15 is 4.39 Å². The molecule has 1 amide bonds. The third-order valence-corrected chi connectivity index (χ3v) is 6.16. The number of Topliss-reactive ketones (excluding diaryl/α,β-unsaturated/α-hetero) is 1. The van der Waals surface area contributed by atoms with Crippen LogP contribution in [0.1, 0.15) is 16.8 Å². The molecule has 0 N–H and O–H groups in total. The number of nitrogens with zero attached hydrogens (tertiary/aromatic N) is 3. The van der Waals surface area contributed by atoms with E-state index in [0.29, 0.717) is 11.3 Å². The first kappa shape index (κ1) is 26.7. The van der Waals surface area contributed by atoms with Crippen LogP contribution in [0.3, 0.4) is 0 Å². The summed E-state index contributed by atoms with van der Waals surface area (Å²) in [6.07, 6.45) is 0.0202. The fourth-order valence-electron chi connectivity index (χ4n) is 3.79. The van der Waals surface area contributed by atoms with Gasteiger partial charge in [0.2, 0.25) is 0 Å². The highest BCUT2D eigenvalue weighted by Crippen LogP contribution is 2.34. The molecule has 0 spiro atoms. The van der Waals surface area contributed by atoms with Gasteiger partial charge in [-0.25, -0.2) is 18.6 Å². The van der Waals surface area contributed by atoms with Crippen LogP contribution in [0.2, 0.25) is 0 Å². The number of amides is 1. The molecular formula is C24H26BrF2N3O5. The van der Waals surface area contributed by atoms with E-state index in [1.54, 1.807) is 16.7 Å². The molecule has 3 aromatic rings. The second-order valence-corrected chi connectivity index (χ2v) is 8.81. The highest BCUT2D eigenvalue weighted by atomic mass is 79.9. The van der Waals surface area contributed by atoms with E-state index in [-0.39, 0.29) is 46.6 Å². The van der Waals surface area contributed by atoms with Gasteiger partial charge in [0.25, 0.3) is 0 Å². The van der Waals surface area contributed by atoms with E-state index in [1.807, 2.05) is 13.0 Å². The van der Waals surface area contributed by atoms with Gasteiger partial charge in [-0.15, -0.1) is 0 Å². The van der Waals surface area contributed by atoms with E-state index in [4.69, 9.17) is 14.2 Å². The second-order valence-electron chi connectivity index (χ2n) is 7.96. The standard InChI is InChI=1S/C24H26BrF2N3O5/c1-13-6-7-30-18(9-15(31)11-29(24(32)35-5)12-20(33-3)34-4)23(28-19(30)8-13)21-14(2)22(27)16(25)10-17(21)26/h6-8,10,20H,9,11-12H2,1-5H3. The van der Waals surface area contributed by atoms with Crippen LogP contribution < -0.4 is 0 Å². The maximum atomic E-state index is 15.1. The second kappa shape index (κ2) is 11.2. The Morgan fingerprint density at radius 3 is 2.49 bits per heavy atom. The SMILES string of the molecule is COC(=O)N(CC(=O)Cc1c(-c2c(F)cc(Br)c(F)c2C)nc2cc(C)ccn12)CC(OC)OC. The number of aryl methyl sites for hydroxylation is 1. The van der Waals surface area contributed by atoms with Crippen LogP contribution >= 0.6 is 15.9 Å². The molecule has 0 aliphatic rings. The summed E-state index contributed by atoms with van der Waals surface area (Å²) in [5, 5.41) is 0. The van der Waals surface area contributed by atoms with Crippen LogP contribution in [0, 0.1) is 25.5 Å². The van der Waals surface area contributed by atoms with Crippen molar-refractivity contribution in [3.05, 3.63) is 57.3 Å². The van der Waals surface area contributed by atoms with Crippen LogP contribution in [0.15, 0.2) is 28.9 Å². The minimum atomic E-state index is -0.765. The summed E-state index contributed by atoms with van der Waals surface area (Å²) in [6, 6.07) is 4.63. The van der Waals surface area contributed by atoms with Gasteiger partial charge in [0, 0.05) is 26.0 Å². The zero-order valence-corrected chi connectivity index (χ0v) is 21.6. The first-order chi connectivity index (χ1) is 16.6. The molecule has 2 aromatic heterocycles. The van der Waals surface area contributed by atoms with E-state index in [9.17, 15) is 14.0 Å². The minimum absolute atomic E-state index is 0.00644. The number of hydrogen-bond donors (Lipinski definition) is 0. The highest BCUT2D eigenvalue weighted by Gasteiger charge is 2.26. The van der Waals surface area contributed by atoms with Gasteiger partial charge in [0.15, 0.2) is 12.1 Å². The molecular weight excluding hydrogens is 528 g/mol. The third-order valence-electron chi connectivity index (χ3n) is 5.58. The Hall–Kier alpha value is -2.89. The molecule has 0 aliphatic carbocycles. The normalized spacial score (nSPS) is 11.3. The van der Waals surface area contributed by atoms with Crippen LogP contribution in [0.5, 0.6) is 0 Å². The Morgan fingerprint density at radius 1 is 1.17 bits per heavy atom. The number of fused-ring (bicyclic) bond motifs is 1.